The van der Waals surface area contributed by atoms with Gasteiger partial charge in [0.25, 0.3) is 0 Å². The number of rotatable bonds is 5. The fourth-order valence-electron chi connectivity index (χ4n) is 2.52. The fraction of sp³-hybridized carbons (Fsp3) is 0.211. The van der Waals surface area contributed by atoms with Crippen LogP contribution in [0, 0.1) is 0 Å². The van der Waals surface area contributed by atoms with E-state index in [2.05, 4.69) is 22.4 Å². The highest BCUT2D eigenvalue weighted by atomic mass is 16.3. The third-order valence-corrected chi connectivity index (χ3v) is 3.88. The van der Waals surface area contributed by atoms with Crippen LogP contribution in [0.25, 0.3) is 10.9 Å². The van der Waals surface area contributed by atoms with Crippen molar-refractivity contribution in [2.45, 2.75) is 25.6 Å². The van der Waals surface area contributed by atoms with Crippen LogP contribution in [0.2, 0.25) is 0 Å². The zero-order chi connectivity index (χ0) is 15.4. The first-order valence-corrected chi connectivity index (χ1v) is 7.55. The Morgan fingerprint density at radius 3 is 2.50 bits per heavy atom. The van der Waals surface area contributed by atoms with Crippen LogP contribution in [0.1, 0.15) is 24.3 Å². The van der Waals surface area contributed by atoms with Crippen molar-refractivity contribution in [2.24, 2.45) is 0 Å². The van der Waals surface area contributed by atoms with Gasteiger partial charge in [-0.2, -0.15) is 0 Å². The highest BCUT2D eigenvalue weighted by Gasteiger charge is 2.15. The third-order valence-electron chi connectivity index (χ3n) is 3.88. The Hall–Kier alpha value is -2.23. The van der Waals surface area contributed by atoms with Gasteiger partial charge in [-0.25, -0.2) is 0 Å². The number of fused-ring (bicyclic) bond motifs is 1. The lowest BCUT2D eigenvalue weighted by Gasteiger charge is -2.20. The van der Waals surface area contributed by atoms with E-state index in [-0.39, 0.29) is 6.04 Å². The van der Waals surface area contributed by atoms with E-state index in [4.69, 9.17) is 0 Å². The quantitative estimate of drug-likeness (QED) is 0.757. The summed E-state index contributed by atoms with van der Waals surface area (Å²) in [5.74, 6) is 0. The number of nitrogens with one attached hydrogen (secondary N) is 1. The highest BCUT2D eigenvalue weighted by molar-refractivity contribution is 5.78. The van der Waals surface area contributed by atoms with Gasteiger partial charge >= 0.3 is 0 Å². The van der Waals surface area contributed by atoms with E-state index in [0.29, 0.717) is 6.54 Å². The molecule has 2 aromatic carbocycles. The number of pyridine rings is 1. The lowest BCUT2D eigenvalue weighted by atomic mass is 10.0. The fourth-order valence-corrected chi connectivity index (χ4v) is 2.52. The molecule has 112 valence electrons. The maximum absolute atomic E-state index is 10.4. The SMILES string of the molecule is CC(NCc1ccc2ccccc2n1)C(O)c1ccccc1. The summed E-state index contributed by atoms with van der Waals surface area (Å²) in [6.07, 6.45) is -0.526. The van der Waals surface area contributed by atoms with Gasteiger partial charge < -0.3 is 10.4 Å². The van der Waals surface area contributed by atoms with Crippen LogP contribution in [-0.4, -0.2) is 16.1 Å². The Morgan fingerprint density at radius 1 is 0.955 bits per heavy atom. The predicted molar refractivity (Wildman–Crippen MR) is 89.4 cm³/mol. The molecular weight excluding hydrogens is 272 g/mol. The number of aliphatic hydroxyl groups is 1. The molecule has 0 aliphatic carbocycles. The Bertz CT molecular complexity index is 743. The minimum atomic E-state index is -0.526. The van der Waals surface area contributed by atoms with Crippen molar-refractivity contribution in [2.75, 3.05) is 0 Å². The number of nitrogens with zero attached hydrogens (tertiary/aromatic N) is 1. The molecule has 0 saturated heterocycles. The van der Waals surface area contributed by atoms with Crippen LogP contribution in [0.4, 0.5) is 0 Å². The summed E-state index contributed by atoms with van der Waals surface area (Å²) in [7, 11) is 0. The predicted octanol–water partition coefficient (Wildman–Crippen LogP) is 3.45. The van der Waals surface area contributed by atoms with Gasteiger partial charge in [-0.3, -0.25) is 4.98 Å². The molecule has 2 N–H and O–H groups in total. The van der Waals surface area contributed by atoms with Gasteiger partial charge in [0.15, 0.2) is 0 Å². The molecule has 0 aliphatic heterocycles. The molecule has 3 heteroatoms. The van der Waals surface area contributed by atoms with Crippen LogP contribution >= 0.6 is 0 Å². The Kier molecular flexibility index (Phi) is 4.47. The normalized spacial score (nSPS) is 13.9. The van der Waals surface area contributed by atoms with Crippen LogP contribution in [0.5, 0.6) is 0 Å². The molecule has 0 aliphatic rings. The molecule has 3 nitrogen and oxygen atoms in total. The summed E-state index contributed by atoms with van der Waals surface area (Å²) in [5.41, 5.74) is 2.90. The first-order chi connectivity index (χ1) is 10.7. The van der Waals surface area contributed by atoms with E-state index in [1.807, 2.05) is 61.5 Å². The second-order valence-electron chi connectivity index (χ2n) is 5.52. The number of aliphatic hydroxyl groups excluding tert-OH is 1. The van der Waals surface area contributed by atoms with Crippen molar-refractivity contribution in [1.29, 1.82) is 0 Å². The zero-order valence-electron chi connectivity index (χ0n) is 12.6. The number of aromatic nitrogens is 1. The lowest BCUT2D eigenvalue weighted by molar-refractivity contribution is 0.135. The van der Waals surface area contributed by atoms with Crippen molar-refractivity contribution in [3.8, 4) is 0 Å². The molecule has 2 unspecified atom stereocenters. The number of hydrogen-bond acceptors (Lipinski definition) is 3. The largest absolute Gasteiger partial charge is 0.387 e. The highest BCUT2D eigenvalue weighted by Crippen LogP contribution is 2.17. The van der Waals surface area contributed by atoms with Crippen molar-refractivity contribution in [3.63, 3.8) is 0 Å². The first-order valence-electron chi connectivity index (χ1n) is 7.55. The Morgan fingerprint density at radius 2 is 1.68 bits per heavy atom. The van der Waals surface area contributed by atoms with E-state index >= 15 is 0 Å². The molecule has 0 amide bonds. The van der Waals surface area contributed by atoms with Crippen molar-refractivity contribution in [1.82, 2.24) is 10.3 Å². The molecule has 2 atom stereocenters. The Labute approximate surface area is 130 Å². The summed E-state index contributed by atoms with van der Waals surface area (Å²) in [5, 5.41) is 14.8. The standard InChI is InChI=1S/C19H20N2O/c1-14(19(22)16-8-3-2-4-9-16)20-13-17-12-11-15-7-5-6-10-18(15)21-17/h2-12,14,19-20,22H,13H2,1H3. The molecule has 1 heterocycles. The average Bonchev–Trinajstić information content (AvgIpc) is 2.59. The van der Waals surface area contributed by atoms with Gasteiger partial charge in [0.05, 0.1) is 17.3 Å². The number of hydrogen-bond donors (Lipinski definition) is 2. The van der Waals surface area contributed by atoms with E-state index in [1.54, 1.807) is 0 Å². The van der Waals surface area contributed by atoms with Gasteiger partial charge in [0.2, 0.25) is 0 Å². The van der Waals surface area contributed by atoms with E-state index in [9.17, 15) is 5.11 Å². The maximum Gasteiger partial charge on any atom is 0.0940 e. The molecule has 0 saturated carbocycles. The van der Waals surface area contributed by atoms with E-state index in [1.165, 1.54) is 0 Å². The second kappa shape index (κ2) is 6.69. The zero-order valence-corrected chi connectivity index (χ0v) is 12.6. The molecule has 3 rings (SSSR count). The summed E-state index contributed by atoms with van der Waals surface area (Å²) in [6.45, 7) is 2.62. The van der Waals surface area contributed by atoms with Gasteiger partial charge in [-0.1, -0.05) is 54.6 Å². The van der Waals surface area contributed by atoms with Gasteiger partial charge in [0, 0.05) is 18.0 Å². The molecule has 0 spiro atoms. The summed E-state index contributed by atoms with van der Waals surface area (Å²) in [4.78, 5) is 4.64. The smallest absolute Gasteiger partial charge is 0.0940 e. The first kappa shape index (κ1) is 14.7. The maximum atomic E-state index is 10.4. The Balaban J connectivity index is 1.65. The monoisotopic (exact) mass is 292 g/mol. The molecule has 1 aromatic heterocycles. The molecule has 0 radical (unpaired) electrons. The number of benzene rings is 2. The minimum absolute atomic E-state index is 0.0457. The van der Waals surface area contributed by atoms with Crippen LogP contribution in [0.15, 0.2) is 66.7 Å². The summed E-state index contributed by atoms with van der Waals surface area (Å²) < 4.78 is 0. The average molecular weight is 292 g/mol. The third kappa shape index (κ3) is 3.32. The summed E-state index contributed by atoms with van der Waals surface area (Å²) >= 11 is 0. The minimum Gasteiger partial charge on any atom is -0.387 e. The van der Waals surface area contributed by atoms with Gasteiger partial charge in [-0.15, -0.1) is 0 Å². The molecule has 22 heavy (non-hydrogen) atoms. The van der Waals surface area contributed by atoms with Crippen molar-refractivity contribution >= 4 is 10.9 Å². The van der Waals surface area contributed by atoms with Gasteiger partial charge in [0.1, 0.15) is 0 Å². The topological polar surface area (TPSA) is 45.2 Å². The van der Waals surface area contributed by atoms with E-state index in [0.717, 1.165) is 22.2 Å². The van der Waals surface area contributed by atoms with Crippen molar-refractivity contribution < 1.29 is 5.11 Å². The second-order valence-corrected chi connectivity index (χ2v) is 5.52. The van der Waals surface area contributed by atoms with Gasteiger partial charge in [-0.05, 0) is 24.6 Å². The molecule has 0 fully saturated rings. The molecule has 3 aromatic rings. The summed E-state index contributed by atoms with van der Waals surface area (Å²) in [6, 6.07) is 21.9. The number of para-hydroxylation sites is 1. The lowest BCUT2D eigenvalue weighted by Crippen LogP contribution is -2.32. The van der Waals surface area contributed by atoms with Crippen LogP contribution in [0.3, 0.4) is 0 Å². The molecular formula is C19H20N2O. The van der Waals surface area contributed by atoms with E-state index < -0.39 is 6.10 Å². The van der Waals surface area contributed by atoms with Crippen LogP contribution < -0.4 is 5.32 Å². The molecule has 0 bridgehead atoms. The van der Waals surface area contributed by atoms with Crippen LogP contribution in [-0.2, 0) is 6.54 Å². The van der Waals surface area contributed by atoms with Crippen molar-refractivity contribution in [3.05, 3.63) is 78.0 Å².